The lowest BCUT2D eigenvalue weighted by atomic mass is 9.84. The topological polar surface area (TPSA) is 84.6 Å². The summed E-state index contributed by atoms with van der Waals surface area (Å²) in [5, 5.41) is 8.82. The highest BCUT2D eigenvalue weighted by atomic mass is 32.2. The first-order valence-electron chi connectivity index (χ1n) is 4.95. The van der Waals surface area contributed by atoms with E-state index < -0.39 is 20.6 Å². The predicted octanol–water partition coefficient (Wildman–Crippen LogP) is 1.37. The summed E-state index contributed by atoms with van der Waals surface area (Å²) in [4.78, 5) is 11.1. The molecular weight excluding hydrogens is 232 g/mol. The normalized spacial score (nSPS) is 19.1. The molecule has 1 aromatic rings. The lowest BCUT2D eigenvalue weighted by Crippen LogP contribution is -2.51. The van der Waals surface area contributed by atoms with Gasteiger partial charge in [0.2, 0.25) is 14.9 Å². The molecule has 0 aliphatic heterocycles. The molecule has 0 unspecified atom stereocenters. The molecule has 5 nitrogen and oxygen atoms in total. The first-order chi connectivity index (χ1) is 7.40. The molecule has 1 N–H and O–H groups in total. The Morgan fingerprint density at radius 1 is 1.44 bits per heavy atom. The number of aliphatic carboxylic acids is 1. The van der Waals surface area contributed by atoms with Crippen molar-refractivity contribution in [2.24, 2.45) is 0 Å². The second-order valence-corrected chi connectivity index (χ2v) is 6.21. The lowest BCUT2D eigenvalue weighted by molar-refractivity contribution is -0.142. The second kappa shape index (κ2) is 3.35. The molecule has 88 valence electrons. The predicted molar refractivity (Wildman–Crippen MR) is 54.8 cm³/mol. The number of aryl methyl sites for hydroxylation is 1. The maximum atomic E-state index is 12.1. The zero-order valence-electron chi connectivity index (χ0n) is 8.76. The van der Waals surface area contributed by atoms with Gasteiger partial charge >= 0.3 is 5.97 Å². The molecule has 0 atom stereocenters. The fraction of sp³-hybridized carbons (Fsp3) is 0.500. The van der Waals surface area contributed by atoms with Crippen LogP contribution in [0.2, 0.25) is 0 Å². The van der Waals surface area contributed by atoms with Crippen LogP contribution in [-0.2, 0) is 14.6 Å². The van der Waals surface area contributed by atoms with Crippen molar-refractivity contribution in [1.29, 1.82) is 0 Å². The van der Waals surface area contributed by atoms with Crippen molar-refractivity contribution >= 4 is 15.8 Å². The summed E-state index contributed by atoms with van der Waals surface area (Å²) in [6.07, 6.45) is 0.931. The minimum atomic E-state index is -3.91. The van der Waals surface area contributed by atoms with Gasteiger partial charge in [-0.15, -0.1) is 0 Å². The molecule has 1 aliphatic carbocycles. The Bertz CT molecular complexity index is 521. The van der Waals surface area contributed by atoms with E-state index in [1.54, 1.807) is 6.92 Å². The Labute approximate surface area is 93.0 Å². The molecule has 1 heterocycles. The summed E-state index contributed by atoms with van der Waals surface area (Å²) in [5.74, 6) is -0.828. The first-order valence-corrected chi connectivity index (χ1v) is 6.43. The smallest absolute Gasteiger partial charge is 0.325 e. The van der Waals surface area contributed by atoms with Gasteiger partial charge in [-0.05, 0) is 38.3 Å². The zero-order chi connectivity index (χ0) is 12.0. The number of carboxylic acid groups (broad SMARTS) is 1. The standard InChI is InChI=1S/C10H12O5S/c1-7-3-4-8(15-7)16(13,14)10(9(11)12)5-2-6-10/h3-4H,2,5-6H2,1H3,(H,11,12). The van der Waals surface area contributed by atoms with Crippen molar-refractivity contribution in [3.8, 4) is 0 Å². The largest absolute Gasteiger partial charge is 0.480 e. The van der Waals surface area contributed by atoms with Gasteiger partial charge in [-0.1, -0.05) is 0 Å². The number of rotatable bonds is 3. The van der Waals surface area contributed by atoms with Crippen LogP contribution in [0.3, 0.4) is 0 Å². The number of sulfone groups is 1. The molecule has 1 fully saturated rings. The number of carbonyl (C=O) groups is 1. The highest BCUT2D eigenvalue weighted by molar-refractivity contribution is 7.93. The monoisotopic (exact) mass is 244 g/mol. The summed E-state index contributed by atoms with van der Waals surface area (Å²) in [7, 11) is -3.91. The molecule has 0 amide bonds. The van der Waals surface area contributed by atoms with Crippen LogP contribution in [0.5, 0.6) is 0 Å². The van der Waals surface area contributed by atoms with Crippen molar-refractivity contribution in [3.63, 3.8) is 0 Å². The van der Waals surface area contributed by atoms with Gasteiger partial charge in [-0.25, -0.2) is 8.42 Å². The van der Waals surface area contributed by atoms with E-state index in [1.165, 1.54) is 12.1 Å². The number of hydrogen-bond donors (Lipinski definition) is 1. The third-order valence-electron chi connectivity index (χ3n) is 3.05. The van der Waals surface area contributed by atoms with E-state index in [4.69, 9.17) is 9.52 Å². The average molecular weight is 244 g/mol. The van der Waals surface area contributed by atoms with E-state index in [1.807, 2.05) is 0 Å². The molecule has 1 aromatic heterocycles. The van der Waals surface area contributed by atoms with Gasteiger partial charge in [0.25, 0.3) is 0 Å². The quantitative estimate of drug-likeness (QED) is 0.868. The van der Waals surface area contributed by atoms with E-state index in [0.29, 0.717) is 12.2 Å². The van der Waals surface area contributed by atoms with Crippen LogP contribution in [-0.4, -0.2) is 24.2 Å². The zero-order valence-corrected chi connectivity index (χ0v) is 9.58. The Hall–Kier alpha value is -1.30. The van der Waals surface area contributed by atoms with Crippen molar-refractivity contribution in [1.82, 2.24) is 0 Å². The SMILES string of the molecule is Cc1ccc(S(=O)(=O)C2(C(=O)O)CCC2)o1. The van der Waals surface area contributed by atoms with Gasteiger partial charge in [0.05, 0.1) is 0 Å². The maximum absolute atomic E-state index is 12.1. The minimum Gasteiger partial charge on any atom is -0.480 e. The third kappa shape index (κ3) is 1.29. The summed E-state index contributed by atoms with van der Waals surface area (Å²) < 4.78 is 27.6. The van der Waals surface area contributed by atoms with Gasteiger partial charge in [-0.2, -0.15) is 0 Å². The van der Waals surface area contributed by atoms with E-state index in [2.05, 4.69) is 0 Å². The lowest BCUT2D eigenvalue weighted by Gasteiger charge is -2.35. The van der Waals surface area contributed by atoms with Crippen LogP contribution in [0.1, 0.15) is 25.0 Å². The molecular formula is C10H12O5S. The van der Waals surface area contributed by atoms with Crippen molar-refractivity contribution in [2.45, 2.75) is 36.0 Å². The molecule has 0 bridgehead atoms. The minimum absolute atomic E-state index is 0.157. The Morgan fingerprint density at radius 2 is 2.06 bits per heavy atom. The van der Waals surface area contributed by atoms with Crippen LogP contribution >= 0.6 is 0 Å². The Balaban J connectivity index is 2.50. The second-order valence-electron chi connectivity index (χ2n) is 4.02. The fourth-order valence-corrected chi connectivity index (χ4v) is 3.77. The number of hydrogen-bond acceptors (Lipinski definition) is 4. The third-order valence-corrected chi connectivity index (χ3v) is 5.41. The summed E-state index contributed by atoms with van der Waals surface area (Å²) in [6, 6.07) is 2.83. The number of furan rings is 1. The van der Waals surface area contributed by atoms with Crippen LogP contribution in [0.4, 0.5) is 0 Å². The van der Waals surface area contributed by atoms with Gasteiger partial charge in [0.1, 0.15) is 5.76 Å². The molecule has 1 aliphatic rings. The van der Waals surface area contributed by atoms with Crippen molar-refractivity contribution < 1.29 is 22.7 Å². The van der Waals surface area contributed by atoms with E-state index >= 15 is 0 Å². The first kappa shape index (κ1) is 11.2. The molecule has 16 heavy (non-hydrogen) atoms. The fourth-order valence-electron chi connectivity index (χ4n) is 1.84. The molecule has 0 aromatic carbocycles. The highest BCUT2D eigenvalue weighted by Crippen LogP contribution is 2.43. The van der Waals surface area contributed by atoms with Crippen molar-refractivity contribution in [2.75, 3.05) is 0 Å². The van der Waals surface area contributed by atoms with Crippen LogP contribution in [0.15, 0.2) is 21.6 Å². The van der Waals surface area contributed by atoms with Gasteiger partial charge in [-0.3, -0.25) is 4.79 Å². The molecule has 6 heteroatoms. The number of carboxylic acids is 1. The molecule has 2 rings (SSSR count). The molecule has 1 saturated carbocycles. The Kier molecular flexibility index (Phi) is 2.34. The van der Waals surface area contributed by atoms with Crippen LogP contribution in [0.25, 0.3) is 0 Å². The van der Waals surface area contributed by atoms with E-state index in [-0.39, 0.29) is 17.9 Å². The molecule has 0 spiro atoms. The van der Waals surface area contributed by atoms with Gasteiger partial charge in [0.15, 0.2) is 4.75 Å². The average Bonchev–Trinajstić information content (AvgIpc) is 2.48. The summed E-state index contributed by atoms with van der Waals surface area (Å²) in [6.45, 7) is 1.62. The van der Waals surface area contributed by atoms with Crippen molar-refractivity contribution in [3.05, 3.63) is 17.9 Å². The molecule has 0 saturated heterocycles. The van der Waals surface area contributed by atoms with Gasteiger partial charge < -0.3 is 9.52 Å². The van der Waals surface area contributed by atoms with E-state index in [9.17, 15) is 13.2 Å². The summed E-state index contributed by atoms with van der Waals surface area (Å²) in [5.41, 5.74) is 0. The van der Waals surface area contributed by atoms with E-state index in [0.717, 1.165) is 0 Å². The van der Waals surface area contributed by atoms with Crippen LogP contribution in [0, 0.1) is 6.92 Å². The Morgan fingerprint density at radius 3 is 2.38 bits per heavy atom. The summed E-state index contributed by atoms with van der Waals surface area (Å²) >= 11 is 0. The van der Waals surface area contributed by atoms with Crippen LogP contribution < -0.4 is 0 Å². The molecule has 0 radical (unpaired) electrons. The maximum Gasteiger partial charge on any atom is 0.325 e. The van der Waals surface area contributed by atoms with Gasteiger partial charge in [0, 0.05) is 0 Å². The highest BCUT2D eigenvalue weighted by Gasteiger charge is 2.57.